The van der Waals surface area contributed by atoms with Crippen molar-refractivity contribution < 1.29 is 31.6 Å². The minimum absolute atomic E-state index is 0.0228. The van der Waals surface area contributed by atoms with Crippen molar-refractivity contribution >= 4 is 23.3 Å². The first-order valence-corrected chi connectivity index (χ1v) is 10.3. The molecule has 9 heteroatoms. The summed E-state index contributed by atoms with van der Waals surface area (Å²) in [6, 6.07) is 13.2. The van der Waals surface area contributed by atoms with Crippen molar-refractivity contribution in [1.29, 1.82) is 0 Å². The molecule has 0 unspecified atom stereocenters. The number of amides is 1. The van der Waals surface area contributed by atoms with E-state index in [2.05, 4.69) is 10.3 Å². The first-order valence-electron chi connectivity index (χ1n) is 10.3. The summed E-state index contributed by atoms with van der Waals surface area (Å²) in [5.74, 6) is -0.871. The summed E-state index contributed by atoms with van der Waals surface area (Å²) in [5.41, 5.74) is 1.76. The molecule has 4 aromatic rings. The van der Waals surface area contributed by atoms with E-state index >= 15 is 0 Å². The predicted octanol–water partition coefficient (Wildman–Crippen LogP) is 5.97. The van der Waals surface area contributed by atoms with E-state index in [0.29, 0.717) is 28.5 Å². The molecule has 5 nitrogen and oxygen atoms in total. The van der Waals surface area contributed by atoms with Gasteiger partial charge in [-0.3, -0.25) is 9.59 Å². The molecule has 0 aliphatic rings. The maximum atomic E-state index is 13.4. The zero-order valence-electron chi connectivity index (χ0n) is 17.9. The van der Waals surface area contributed by atoms with Crippen LogP contribution in [0.15, 0.2) is 59.0 Å². The molecule has 0 fully saturated rings. The van der Waals surface area contributed by atoms with Crippen LogP contribution < -0.4 is 5.32 Å². The third-order valence-electron chi connectivity index (χ3n) is 5.30. The minimum Gasteiger partial charge on any atom is -0.437 e. The summed E-state index contributed by atoms with van der Waals surface area (Å²) >= 11 is 0. The molecule has 2 aromatic heterocycles. The van der Waals surface area contributed by atoms with E-state index in [1.807, 2.05) is 0 Å². The number of fused-ring (bicyclic) bond motifs is 1. The Morgan fingerprint density at radius 1 is 1.09 bits per heavy atom. The summed E-state index contributed by atoms with van der Waals surface area (Å²) in [4.78, 5) is 28.4. The first-order chi connectivity index (χ1) is 16.2. The Hall–Kier alpha value is -4.01. The van der Waals surface area contributed by atoms with Gasteiger partial charge in [-0.15, -0.1) is 0 Å². The van der Waals surface area contributed by atoms with Gasteiger partial charge in [0.1, 0.15) is 17.9 Å². The number of benzene rings is 2. The van der Waals surface area contributed by atoms with Crippen LogP contribution in [0.3, 0.4) is 0 Å². The lowest BCUT2D eigenvalue weighted by Gasteiger charge is -2.11. The second-order valence-electron chi connectivity index (χ2n) is 7.59. The molecule has 2 heterocycles. The average Bonchev–Trinajstić information content (AvgIpc) is 3.20. The molecule has 174 valence electrons. The third kappa shape index (κ3) is 4.68. The number of alkyl halides is 3. The number of carbonyl (C=O) groups excluding carboxylic acids is 2. The second-order valence-corrected chi connectivity index (χ2v) is 7.59. The van der Waals surface area contributed by atoms with Gasteiger partial charge in [0.25, 0.3) is 5.91 Å². The molecule has 0 aliphatic carbocycles. The van der Waals surface area contributed by atoms with Gasteiger partial charge in [-0.1, -0.05) is 18.2 Å². The number of halogens is 4. The molecule has 1 amide bonds. The lowest BCUT2D eigenvalue weighted by atomic mass is 9.97. The van der Waals surface area contributed by atoms with E-state index in [1.54, 1.807) is 24.3 Å². The zero-order chi connectivity index (χ0) is 24.5. The van der Waals surface area contributed by atoms with Crippen LogP contribution in [-0.4, -0.2) is 30.4 Å². The Morgan fingerprint density at radius 2 is 1.82 bits per heavy atom. The van der Waals surface area contributed by atoms with Gasteiger partial charge in [0.05, 0.1) is 16.6 Å². The molecule has 0 bridgehead atoms. The van der Waals surface area contributed by atoms with Crippen LogP contribution >= 0.6 is 0 Å². The van der Waals surface area contributed by atoms with Crippen molar-refractivity contribution in [1.82, 2.24) is 10.3 Å². The van der Waals surface area contributed by atoms with Gasteiger partial charge in [0.15, 0.2) is 0 Å². The number of aryl methyl sites for hydroxylation is 1. The van der Waals surface area contributed by atoms with Crippen molar-refractivity contribution in [3.05, 3.63) is 77.2 Å². The van der Waals surface area contributed by atoms with E-state index in [9.17, 15) is 27.2 Å². The smallest absolute Gasteiger partial charge is 0.389 e. The highest BCUT2D eigenvalue weighted by molar-refractivity contribution is 6.11. The third-order valence-corrected chi connectivity index (χ3v) is 5.30. The minimum atomic E-state index is -4.41. The lowest BCUT2D eigenvalue weighted by molar-refractivity contribution is -0.134. The van der Waals surface area contributed by atoms with Crippen LogP contribution in [0.1, 0.15) is 32.8 Å². The fourth-order valence-electron chi connectivity index (χ4n) is 3.69. The van der Waals surface area contributed by atoms with Crippen LogP contribution in [-0.2, 0) is 6.42 Å². The standard InChI is InChI=1S/C25H18F4N2O3/c1-30-23(33)21-19-12-18(16-4-2-3-14(11-16)13-32)20(9-10-25(27,28)29)31-24(19)34-22(21)15-5-7-17(26)8-6-15/h2-8,11-13H,9-10H2,1H3,(H,30,33). The van der Waals surface area contributed by atoms with Crippen molar-refractivity contribution in [2.45, 2.75) is 19.0 Å². The van der Waals surface area contributed by atoms with Crippen LogP contribution in [0.2, 0.25) is 0 Å². The quantitative estimate of drug-likeness (QED) is 0.279. The van der Waals surface area contributed by atoms with Gasteiger partial charge >= 0.3 is 6.18 Å². The monoisotopic (exact) mass is 470 g/mol. The average molecular weight is 470 g/mol. The molecule has 4 rings (SSSR count). The molecule has 1 N–H and O–H groups in total. The highest BCUT2D eigenvalue weighted by atomic mass is 19.4. The number of carbonyl (C=O) groups is 2. The fourth-order valence-corrected chi connectivity index (χ4v) is 3.69. The summed E-state index contributed by atoms with van der Waals surface area (Å²) in [6.07, 6.45) is -5.32. The number of pyridine rings is 1. The Bertz CT molecular complexity index is 1380. The Kier molecular flexibility index (Phi) is 6.19. The molecular weight excluding hydrogens is 452 g/mol. The van der Waals surface area contributed by atoms with Crippen molar-refractivity contribution in [2.75, 3.05) is 7.05 Å². The first kappa shape index (κ1) is 23.2. The highest BCUT2D eigenvalue weighted by Gasteiger charge is 2.29. The topological polar surface area (TPSA) is 72.2 Å². The molecule has 0 saturated heterocycles. The van der Waals surface area contributed by atoms with E-state index in [-0.39, 0.29) is 28.1 Å². The van der Waals surface area contributed by atoms with Gasteiger partial charge < -0.3 is 9.73 Å². The lowest BCUT2D eigenvalue weighted by Crippen LogP contribution is -2.18. The maximum absolute atomic E-state index is 13.4. The van der Waals surface area contributed by atoms with Gasteiger partial charge in [0.2, 0.25) is 5.71 Å². The van der Waals surface area contributed by atoms with Crippen LogP contribution in [0, 0.1) is 5.82 Å². The van der Waals surface area contributed by atoms with E-state index < -0.39 is 30.7 Å². The molecule has 0 saturated carbocycles. The number of aldehydes is 1. The number of hydrogen-bond acceptors (Lipinski definition) is 4. The molecule has 34 heavy (non-hydrogen) atoms. The van der Waals surface area contributed by atoms with Crippen molar-refractivity contribution in [3.8, 4) is 22.5 Å². The largest absolute Gasteiger partial charge is 0.437 e. The summed E-state index contributed by atoms with van der Waals surface area (Å²) in [5, 5.41) is 2.80. The number of nitrogens with zero attached hydrogens (tertiary/aromatic N) is 1. The van der Waals surface area contributed by atoms with Crippen LogP contribution in [0.5, 0.6) is 0 Å². The molecule has 0 atom stereocenters. The second kappa shape index (κ2) is 9.09. The fraction of sp³-hybridized carbons (Fsp3) is 0.160. The van der Waals surface area contributed by atoms with E-state index in [0.717, 1.165) is 0 Å². The molecular formula is C25H18F4N2O3. The molecule has 0 radical (unpaired) electrons. The summed E-state index contributed by atoms with van der Waals surface area (Å²) in [7, 11) is 1.43. The normalized spacial score (nSPS) is 11.6. The Labute approximate surface area is 191 Å². The zero-order valence-corrected chi connectivity index (χ0v) is 17.9. The van der Waals surface area contributed by atoms with Gasteiger partial charge in [-0.05, 0) is 48.4 Å². The van der Waals surface area contributed by atoms with Gasteiger partial charge in [0, 0.05) is 30.2 Å². The van der Waals surface area contributed by atoms with E-state index in [1.165, 1.54) is 37.4 Å². The predicted molar refractivity (Wildman–Crippen MR) is 118 cm³/mol. The SMILES string of the molecule is CNC(=O)c1c(-c2ccc(F)cc2)oc2nc(CCC(F)(F)F)c(-c3cccc(C=O)c3)cc12. The van der Waals surface area contributed by atoms with Crippen molar-refractivity contribution in [3.63, 3.8) is 0 Å². The van der Waals surface area contributed by atoms with Crippen molar-refractivity contribution in [2.24, 2.45) is 0 Å². The van der Waals surface area contributed by atoms with E-state index in [4.69, 9.17) is 4.42 Å². The highest BCUT2D eigenvalue weighted by Crippen LogP contribution is 2.37. The number of rotatable bonds is 6. The number of aromatic nitrogens is 1. The molecule has 0 spiro atoms. The van der Waals surface area contributed by atoms with Gasteiger partial charge in [-0.25, -0.2) is 9.37 Å². The summed E-state index contributed by atoms with van der Waals surface area (Å²) in [6.45, 7) is 0. The van der Waals surface area contributed by atoms with Crippen LogP contribution in [0.4, 0.5) is 17.6 Å². The Morgan fingerprint density at radius 3 is 2.47 bits per heavy atom. The number of hydrogen-bond donors (Lipinski definition) is 1. The van der Waals surface area contributed by atoms with Crippen LogP contribution in [0.25, 0.3) is 33.6 Å². The maximum Gasteiger partial charge on any atom is 0.389 e. The summed E-state index contributed by atoms with van der Waals surface area (Å²) < 4.78 is 58.3. The number of furan rings is 1. The number of nitrogens with one attached hydrogen (secondary N) is 1. The molecule has 2 aromatic carbocycles. The van der Waals surface area contributed by atoms with Gasteiger partial charge in [-0.2, -0.15) is 13.2 Å². The Balaban J connectivity index is 1.98. The molecule has 0 aliphatic heterocycles.